The van der Waals surface area contributed by atoms with E-state index in [0.717, 1.165) is 0 Å². The molecule has 0 aromatic rings. The fourth-order valence-electron chi connectivity index (χ4n) is 1.57. The van der Waals surface area contributed by atoms with Gasteiger partial charge in [-0.1, -0.05) is 6.42 Å². The van der Waals surface area contributed by atoms with Gasteiger partial charge in [0.25, 0.3) is 0 Å². The highest BCUT2D eigenvalue weighted by molar-refractivity contribution is 5.90. The molecule has 0 radical (unpaired) electrons. The summed E-state index contributed by atoms with van der Waals surface area (Å²) in [4.78, 5) is 4.25. The van der Waals surface area contributed by atoms with Crippen molar-refractivity contribution in [2.45, 2.75) is 31.7 Å². The van der Waals surface area contributed by atoms with E-state index < -0.39 is 0 Å². The summed E-state index contributed by atoms with van der Waals surface area (Å²) in [6.45, 7) is 0. The van der Waals surface area contributed by atoms with Crippen LogP contribution in [0.2, 0.25) is 0 Å². The molecule has 0 amide bonds. The van der Waals surface area contributed by atoms with Gasteiger partial charge in [-0.05, 0) is 26.3 Å². The van der Waals surface area contributed by atoms with E-state index >= 15 is 0 Å². The Hall–Kier alpha value is -0.370. The van der Waals surface area contributed by atoms with Crippen molar-refractivity contribution in [3.63, 3.8) is 0 Å². The van der Waals surface area contributed by atoms with Gasteiger partial charge in [0, 0.05) is 18.8 Å². The zero-order valence-electron chi connectivity index (χ0n) is 6.85. The third kappa shape index (κ3) is 1.57. The van der Waals surface area contributed by atoms with Crippen LogP contribution in [0.3, 0.4) is 0 Å². The third-order valence-corrected chi connectivity index (χ3v) is 2.21. The van der Waals surface area contributed by atoms with Gasteiger partial charge >= 0.3 is 0 Å². The molecule has 0 bridgehead atoms. The van der Waals surface area contributed by atoms with E-state index in [1.807, 2.05) is 14.1 Å². The minimum Gasteiger partial charge on any atom is -0.312 e. The maximum Gasteiger partial charge on any atom is 0.0448 e. The van der Waals surface area contributed by atoms with Crippen LogP contribution < -0.4 is 5.32 Å². The number of nitrogens with zero attached hydrogens (tertiary/aromatic N) is 1. The van der Waals surface area contributed by atoms with E-state index in [2.05, 4.69) is 10.3 Å². The van der Waals surface area contributed by atoms with Crippen LogP contribution in [-0.2, 0) is 0 Å². The number of aliphatic imine (C=N–C) groups is 1. The van der Waals surface area contributed by atoms with Crippen LogP contribution in [0.25, 0.3) is 0 Å². The normalized spacial score (nSPS) is 31.0. The monoisotopic (exact) mass is 140 g/mol. The number of hydrogen-bond donors (Lipinski definition) is 1. The van der Waals surface area contributed by atoms with Crippen LogP contribution in [0.1, 0.15) is 25.7 Å². The van der Waals surface area contributed by atoms with Crippen LogP contribution in [-0.4, -0.2) is 25.8 Å². The van der Waals surface area contributed by atoms with Crippen LogP contribution in [0.5, 0.6) is 0 Å². The molecule has 0 aromatic heterocycles. The minimum absolute atomic E-state index is 0.568. The molecule has 0 heterocycles. The second-order valence-electron chi connectivity index (χ2n) is 2.80. The van der Waals surface area contributed by atoms with Crippen molar-refractivity contribution >= 4 is 5.71 Å². The SMILES string of the molecule is C/N=C1/CCCC[C@@H]1NC. The third-order valence-electron chi connectivity index (χ3n) is 2.21. The summed E-state index contributed by atoms with van der Waals surface area (Å²) in [6.07, 6.45) is 5.14. The van der Waals surface area contributed by atoms with Crippen LogP contribution in [0.4, 0.5) is 0 Å². The van der Waals surface area contributed by atoms with Crippen molar-refractivity contribution in [3.8, 4) is 0 Å². The molecule has 1 saturated carbocycles. The van der Waals surface area contributed by atoms with Crippen molar-refractivity contribution in [2.75, 3.05) is 14.1 Å². The minimum atomic E-state index is 0.568. The molecule has 0 aliphatic heterocycles. The lowest BCUT2D eigenvalue weighted by Crippen LogP contribution is -2.36. The number of hydrogen-bond acceptors (Lipinski definition) is 2. The van der Waals surface area contributed by atoms with Gasteiger partial charge in [-0.3, -0.25) is 4.99 Å². The van der Waals surface area contributed by atoms with E-state index in [9.17, 15) is 0 Å². The molecule has 1 aliphatic rings. The molecule has 1 aliphatic carbocycles. The molecule has 1 fully saturated rings. The first-order valence-electron chi connectivity index (χ1n) is 4.01. The highest BCUT2D eigenvalue weighted by Gasteiger charge is 2.16. The highest BCUT2D eigenvalue weighted by Crippen LogP contribution is 2.14. The summed E-state index contributed by atoms with van der Waals surface area (Å²) in [5, 5.41) is 3.27. The van der Waals surface area contributed by atoms with Gasteiger partial charge in [-0.2, -0.15) is 0 Å². The number of rotatable bonds is 1. The lowest BCUT2D eigenvalue weighted by atomic mass is 9.93. The maximum absolute atomic E-state index is 4.25. The van der Waals surface area contributed by atoms with Gasteiger partial charge in [0.1, 0.15) is 0 Å². The highest BCUT2D eigenvalue weighted by atomic mass is 14.9. The van der Waals surface area contributed by atoms with E-state index in [1.54, 1.807) is 0 Å². The molecule has 1 atom stereocenters. The summed E-state index contributed by atoms with van der Waals surface area (Å²) < 4.78 is 0. The van der Waals surface area contributed by atoms with E-state index in [1.165, 1.54) is 31.4 Å². The molecular weight excluding hydrogens is 124 g/mol. The average molecular weight is 140 g/mol. The Balaban J connectivity index is 2.50. The van der Waals surface area contributed by atoms with Gasteiger partial charge in [0.2, 0.25) is 0 Å². The van der Waals surface area contributed by atoms with E-state index in [4.69, 9.17) is 0 Å². The van der Waals surface area contributed by atoms with Crippen LogP contribution in [0, 0.1) is 0 Å². The van der Waals surface area contributed by atoms with Crippen LogP contribution in [0.15, 0.2) is 4.99 Å². The Morgan fingerprint density at radius 1 is 1.50 bits per heavy atom. The first-order valence-corrected chi connectivity index (χ1v) is 4.01. The zero-order valence-corrected chi connectivity index (χ0v) is 6.85. The molecule has 0 unspecified atom stereocenters. The van der Waals surface area contributed by atoms with Gasteiger partial charge in [0.15, 0.2) is 0 Å². The quantitative estimate of drug-likeness (QED) is 0.582. The first kappa shape index (κ1) is 7.73. The van der Waals surface area contributed by atoms with Gasteiger partial charge in [0.05, 0.1) is 0 Å². The Morgan fingerprint density at radius 2 is 2.30 bits per heavy atom. The fraction of sp³-hybridized carbons (Fsp3) is 0.875. The smallest absolute Gasteiger partial charge is 0.0448 e. The second-order valence-corrected chi connectivity index (χ2v) is 2.80. The lowest BCUT2D eigenvalue weighted by molar-refractivity contribution is 0.548. The Labute approximate surface area is 62.7 Å². The van der Waals surface area contributed by atoms with Crippen molar-refractivity contribution in [2.24, 2.45) is 4.99 Å². The van der Waals surface area contributed by atoms with E-state index in [-0.39, 0.29) is 0 Å². The largest absolute Gasteiger partial charge is 0.312 e. The van der Waals surface area contributed by atoms with Gasteiger partial charge < -0.3 is 5.32 Å². The van der Waals surface area contributed by atoms with Crippen molar-refractivity contribution in [1.29, 1.82) is 0 Å². The Kier molecular flexibility index (Phi) is 2.87. The molecule has 1 rings (SSSR count). The average Bonchev–Trinajstić information content (AvgIpc) is 2.04. The summed E-state index contributed by atoms with van der Waals surface area (Å²) in [6, 6.07) is 0.568. The zero-order chi connectivity index (χ0) is 7.40. The van der Waals surface area contributed by atoms with Gasteiger partial charge in [-0.25, -0.2) is 0 Å². The number of nitrogens with one attached hydrogen (secondary N) is 1. The summed E-state index contributed by atoms with van der Waals surface area (Å²) >= 11 is 0. The second kappa shape index (κ2) is 3.71. The van der Waals surface area contributed by atoms with Crippen molar-refractivity contribution in [1.82, 2.24) is 5.32 Å². The Morgan fingerprint density at radius 3 is 2.80 bits per heavy atom. The maximum atomic E-state index is 4.25. The summed E-state index contributed by atoms with van der Waals surface area (Å²) in [5.41, 5.74) is 1.36. The predicted octanol–water partition coefficient (Wildman–Crippen LogP) is 1.22. The Bertz CT molecular complexity index is 129. The van der Waals surface area contributed by atoms with Crippen LogP contribution >= 0.6 is 0 Å². The molecule has 2 heteroatoms. The topological polar surface area (TPSA) is 24.4 Å². The van der Waals surface area contributed by atoms with Gasteiger partial charge in [-0.15, -0.1) is 0 Å². The molecule has 2 nitrogen and oxygen atoms in total. The lowest BCUT2D eigenvalue weighted by Gasteiger charge is -2.22. The molecular formula is C8H16N2. The van der Waals surface area contributed by atoms with Crippen molar-refractivity contribution < 1.29 is 0 Å². The standard InChI is InChI=1S/C8H16N2/c1-9-7-5-3-4-6-8(7)10-2/h7,9H,3-6H2,1-2H3/b10-8-/t7-/m0/s1. The molecule has 0 aromatic carbocycles. The molecule has 1 N–H and O–H groups in total. The molecule has 0 spiro atoms. The molecule has 58 valence electrons. The summed E-state index contributed by atoms with van der Waals surface area (Å²) in [5.74, 6) is 0. The molecule has 0 saturated heterocycles. The van der Waals surface area contributed by atoms with Crippen molar-refractivity contribution in [3.05, 3.63) is 0 Å². The molecule has 10 heavy (non-hydrogen) atoms. The first-order chi connectivity index (χ1) is 4.88. The fourth-order valence-corrected chi connectivity index (χ4v) is 1.57. The summed E-state index contributed by atoms with van der Waals surface area (Å²) in [7, 11) is 3.91. The predicted molar refractivity (Wildman–Crippen MR) is 44.7 cm³/mol. The van der Waals surface area contributed by atoms with E-state index in [0.29, 0.717) is 6.04 Å².